The number of carbonyl (C=O) groups is 1. The number of rotatable bonds is 7. The summed E-state index contributed by atoms with van der Waals surface area (Å²) in [4.78, 5) is 15.7. The van der Waals surface area contributed by atoms with Gasteiger partial charge < -0.3 is 24.8 Å². The Bertz CT molecular complexity index is 1230. The molecule has 3 aromatic rings. The predicted molar refractivity (Wildman–Crippen MR) is 130 cm³/mol. The third-order valence-corrected chi connectivity index (χ3v) is 6.35. The van der Waals surface area contributed by atoms with E-state index in [1.807, 2.05) is 43.3 Å². The molecule has 0 aliphatic carbocycles. The van der Waals surface area contributed by atoms with Gasteiger partial charge >= 0.3 is 5.97 Å². The third-order valence-electron chi connectivity index (χ3n) is 6.35. The number of aromatic nitrogens is 1. The summed E-state index contributed by atoms with van der Waals surface area (Å²) in [7, 11) is 0. The minimum absolute atomic E-state index is 0.0445. The Balaban J connectivity index is 1.33. The number of anilines is 2. The summed E-state index contributed by atoms with van der Waals surface area (Å²) in [6.07, 6.45) is 1.38. The number of ether oxygens (including phenoxy) is 3. The second kappa shape index (κ2) is 9.44. The van der Waals surface area contributed by atoms with Crippen LogP contribution in [0.15, 0.2) is 54.7 Å². The minimum atomic E-state index is -0.400. The fourth-order valence-corrected chi connectivity index (χ4v) is 4.66. The summed E-state index contributed by atoms with van der Waals surface area (Å²) < 4.78 is 30.8. The number of hydrogen-bond donors (Lipinski definition) is 2. The van der Waals surface area contributed by atoms with Crippen molar-refractivity contribution in [2.45, 2.75) is 51.5 Å². The molecule has 35 heavy (non-hydrogen) atoms. The Morgan fingerprint density at radius 1 is 1.23 bits per heavy atom. The van der Waals surface area contributed by atoms with E-state index < -0.39 is 6.10 Å². The first-order valence-corrected chi connectivity index (χ1v) is 11.8. The lowest BCUT2D eigenvalue weighted by molar-refractivity contribution is -0.149. The van der Waals surface area contributed by atoms with Gasteiger partial charge in [-0.15, -0.1) is 0 Å². The van der Waals surface area contributed by atoms with E-state index in [-0.39, 0.29) is 30.0 Å². The maximum atomic E-state index is 13.3. The zero-order valence-corrected chi connectivity index (χ0v) is 19.9. The Labute approximate surface area is 203 Å². The first-order chi connectivity index (χ1) is 16.9. The van der Waals surface area contributed by atoms with Crippen LogP contribution in [0.4, 0.5) is 15.8 Å². The van der Waals surface area contributed by atoms with Crippen molar-refractivity contribution in [3.05, 3.63) is 77.4 Å². The van der Waals surface area contributed by atoms with E-state index in [2.05, 4.69) is 22.5 Å². The molecule has 7 nitrogen and oxygen atoms in total. The van der Waals surface area contributed by atoms with Crippen molar-refractivity contribution in [1.29, 1.82) is 0 Å². The monoisotopic (exact) mass is 477 g/mol. The van der Waals surface area contributed by atoms with E-state index in [1.54, 1.807) is 6.07 Å². The number of hydrogen-bond acceptors (Lipinski definition) is 7. The molecule has 182 valence electrons. The third kappa shape index (κ3) is 4.60. The highest BCUT2D eigenvalue weighted by Crippen LogP contribution is 2.44. The Kier molecular flexibility index (Phi) is 6.19. The lowest BCUT2D eigenvalue weighted by Gasteiger charge is -2.19. The lowest BCUT2D eigenvalue weighted by Crippen LogP contribution is -2.18. The number of pyridine rings is 1. The van der Waals surface area contributed by atoms with E-state index in [1.165, 1.54) is 19.2 Å². The van der Waals surface area contributed by atoms with Crippen LogP contribution in [-0.2, 0) is 9.53 Å². The summed E-state index contributed by atoms with van der Waals surface area (Å²) in [5.41, 5.74) is 4.46. The summed E-state index contributed by atoms with van der Waals surface area (Å²) in [5.74, 6) is 0.826. The van der Waals surface area contributed by atoms with Crippen LogP contribution in [0.3, 0.4) is 0 Å². The van der Waals surface area contributed by atoms with Crippen LogP contribution in [0.5, 0.6) is 11.5 Å². The largest absolute Gasteiger partial charge is 0.489 e. The number of esters is 1. The van der Waals surface area contributed by atoms with Gasteiger partial charge in [0.2, 0.25) is 0 Å². The van der Waals surface area contributed by atoms with E-state index in [4.69, 9.17) is 14.2 Å². The number of para-hydroxylation sites is 1. The second-order valence-electron chi connectivity index (χ2n) is 8.84. The highest BCUT2D eigenvalue weighted by Gasteiger charge is 2.34. The number of carbonyl (C=O) groups excluding carboxylic acids is 1. The van der Waals surface area contributed by atoms with Crippen molar-refractivity contribution in [1.82, 2.24) is 4.98 Å². The Hall–Kier alpha value is -3.81. The molecule has 2 aromatic carbocycles. The van der Waals surface area contributed by atoms with Gasteiger partial charge in [0.25, 0.3) is 0 Å². The van der Waals surface area contributed by atoms with E-state index >= 15 is 0 Å². The van der Waals surface area contributed by atoms with Gasteiger partial charge in [0.15, 0.2) is 6.10 Å². The SMILES string of the molecule is CCC(Nc1cccc2c1OC[C@H]2Nc1ccc2c(c1)OC(C)[C@H]2OC(C)=O)c1ccc(F)cn1. The molecule has 0 bridgehead atoms. The van der Waals surface area contributed by atoms with E-state index in [0.717, 1.165) is 40.4 Å². The van der Waals surface area contributed by atoms with Crippen LogP contribution in [0.1, 0.15) is 62.2 Å². The smallest absolute Gasteiger partial charge is 0.303 e. The molecule has 0 saturated carbocycles. The van der Waals surface area contributed by atoms with Gasteiger partial charge in [0.1, 0.15) is 30.0 Å². The van der Waals surface area contributed by atoms with Gasteiger partial charge in [-0.1, -0.05) is 19.1 Å². The molecule has 5 rings (SSSR count). The quantitative estimate of drug-likeness (QED) is 0.422. The average molecular weight is 478 g/mol. The normalized spacial score (nSPS) is 20.7. The van der Waals surface area contributed by atoms with Crippen molar-refractivity contribution in [2.24, 2.45) is 0 Å². The molecule has 2 N–H and O–H groups in total. The number of nitrogens with zero attached hydrogens (tertiary/aromatic N) is 1. The number of halogens is 1. The molecule has 0 spiro atoms. The highest BCUT2D eigenvalue weighted by molar-refractivity contribution is 5.67. The predicted octanol–water partition coefficient (Wildman–Crippen LogP) is 5.71. The Morgan fingerprint density at radius 3 is 2.83 bits per heavy atom. The van der Waals surface area contributed by atoms with Gasteiger partial charge in [-0.25, -0.2) is 4.39 Å². The molecular formula is C27H28FN3O4. The molecule has 2 aliphatic heterocycles. The second-order valence-corrected chi connectivity index (χ2v) is 8.84. The van der Waals surface area contributed by atoms with Gasteiger partial charge in [0, 0.05) is 29.8 Å². The van der Waals surface area contributed by atoms with Crippen molar-refractivity contribution in [3.8, 4) is 11.5 Å². The van der Waals surface area contributed by atoms with Crippen molar-refractivity contribution in [3.63, 3.8) is 0 Å². The zero-order valence-electron chi connectivity index (χ0n) is 19.9. The summed E-state index contributed by atoms with van der Waals surface area (Å²) >= 11 is 0. The molecule has 0 fully saturated rings. The van der Waals surface area contributed by atoms with Crippen molar-refractivity contribution < 1.29 is 23.4 Å². The molecule has 1 aromatic heterocycles. The van der Waals surface area contributed by atoms with Crippen LogP contribution in [0, 0.1) is 5.82 Å². The molecule has 3 heterocycles. The number of nitrogens with one attached hydrogen (secondary N) is 2. The van der Waals surface area contributed by atoms with Crippen LogP contribution in [0.2, 0.25) is 0 Å². The molecule has 4 atom stereocenters. The molecule has 0 amide bonds. The van der Waals surface area contributed by atoms with E-state index in [0.29, 0.717) is 12.4 Å². The van der Waals surface area contributed by atoms with Crippen LogP contribution in [0.25, 0.3) is 0 Å². The molecule has 0 radical (unpaired) electrons. The van der Waals surface area contributed by atoms with Crippen LogP contribution >= 0.6 is 0 Å². The lowest BCUT2D eigenvalue weighted by atomic mass is 10.0. The molecule has 0 saturated heterocycles. The van der Waals surface area contributed by atoms with Gasteiger partial charge in [-0.05, 0) is 43.7 Å². The van der Waals surface area contributed by atoms with Crippen molar-refractivity contribution >= 4 is 17.3 Å². The fraction of sp³-hybridized carbons (Fsp3) is 0.333. The summed E-state index contributed by atoms with van der Waals surface area (Å²) in [6.45, 7) is 5.82. The van der Waals surface area contributed by atoms with E-state index in [9.17, 15) is 9.18 Å². The fourth-order valence-electron chi connectivity index (χ4n) is 4.66. The van der Waals surface area contributed by atoms with Gasteiger partial charge in [0.05, 0.1) is 29.7 Å². The molecule has 2 aliphatic rings. The molecule has 2 unspecified atom stereocenters. The maximum absolute atomic E-state index is 13.3. The first kappa shape index (κ1) is 23.0. The zero-order chi connectivity index (χ0) is 24.5. The molecular weight excluding hydrogens is 449 g/mol. The van der Waals surface area contributed by atoms with Crippen LogP contribution < -0.4 is 20.1 Å². The minimum Gasteiger partial charge on any atom is -0.489 e. The standard InChI is InChI=1S/C27H28FN3O4/c1-4-21(22-11-8-17(28)13-29-22)31-23-7-5-6-19-24(14-33-27(19)23)30-18-9-10-20-25(12-18)34-15(2)26(20)35-16(3)32/h5-13,15,21,24,26,30-31H,4,14H2,1-3H3/t15?,21?,24-,26-/m1/s1. The number of benzene rings is 2. The van der Waals surface area contributed by atoms with Gasteiger partial charge in [-0.2, -0.15) is 0 Å². The average Bonchev–Trinajstić information content (AvgIpc) is 3.38. The van der Waals surface area contributed by atoms with Crippen LogP contribution in [-0.4, -0.2) is 23.7 Å². The maximum Gasteiger partial charge on any atom is 0.303 e. The number of fused-ring (bicyclic) bond motifs is 2. The van der Waals surface area contributed by atoms with Crippen molar-refractivity contribution in [2.75, 3.05) is 17.2 Å². The topological polar surface area (TPSA) is 81.7 Å². The first-order valence-electron chi connectivity index (χ1n) is 11.8. The highest BCUT2D eigenvalue weighted by atomic mass is 19.1. The summed E-state index contributed by atoms with van der Waals surface area (Å²) in [6, 6.07) is 14.9. The summed E-state index contributed by atoms with van der Waals surface area (Å²) in [5, 5.41) is 7.04. The Morgan fingerprint density at radius 2 is 2.09 bits per heavy atom. The molecule has 8 heteroatoms. The van der Waals surface area contributed by atoms with Gasteiger partial charge in [-0.3, -0.25) is 9.78 Å².